The number of ether oxygens (including phenoxy) is 2. The largest absolute Gasteiger partial charge is 0.507 e. The number of amides is 1. The predicted molar refractivity (Wildman–Crippen MR) is 132 cm³/mol. The van der Waals surface area contributed by atoms with E-state index in [4.69, 9.17) is 32.7 Å². The average molecular weight is 507 g/mol. The molecule has 9 heteroatoms. The van der Waals surface area contributed by atoms with Crippen LogP contribution in [-0.4, -0.2) is 28.6 Å². The summed E-state index contributed by atoms with van der Waals surface area (Å²) in [4.78, 5) is 31.4. The molecular weight excluding hydrogens is 491 g/mol. The second kappa shape index (κ2) is 8.08. The number of nitrogens with zero attached hydrogens (tertiary/aromatic N) is 1. The molecule has 4 aromatic rings. The lowest BCUT2D eigenvalue weighted by molar-refractivity contribution is -0.132. The van der Waals surface area contributed by atoms with Crippen LogP contribution in [-0.2, 0) is 9.59 Å². The Morgan fingerprint density at radius 2 is 1.77 bits per heavy atom. The number of hydrogen-bond donors (Lipinski definition) is 2. The highest BCUT2D eigenvalue weighted by atomic mass is 35.5. The third-order valence-corrected chi connectivity index (χ3v) is 6.93. The van der Waals surface area contributed by atoms with Crippen molar-refractivity contribution in [1.82, 2.24) is 4.98 Å². The van der Waals surface area contributed by atoms with E-state index in [1.807, 2.05) is 24.3 Å². The Labute approximate surface area is 209 Å². The summed E-state index contributed by atoms with van der Waals surface area (Å²) in [5.41, 5.74) is 2.12. The summed E-state index contributed by atoms with van der Waals surface area (Å²) in [6, 6.07) is 16.2. The number of para-hydroxylation sites is 1. The standard InChI is InChI=1S/C26H16Cl2N2O5/c27-17-7-5-13(9-18(17)28)24(31)22-23(16-11-29-19-4-2-1-3-15(16)19)30(26(33)25(22)32)14-6-8-20-21(10-14)35-12-34-20/h1-11,23,29,31H,12H2/b24-22+. The number of carbonyl (C=O) groups excluding carboxylic acids is 2. The van der Waals surface area contributed by atoms with Gasteiger partial charge in [-0.1, -0.05) is 41.4 Å². The van der Waals surface area contributed by atoms with Gasteiger partial charge in [-0.3, -0.25) is 14.5 Å². The first kappa shape index (κ1) is 21.6. The molecule has 2 aliphatic rings. The molecule has 1 fully saturated rings. The van der Waals surface area contributed by atoms with Crippen molar-refractivity contribution in [2.45, 2.75) is 6.04 Å². The summed E-state index contributed by atoms with van der Waals surface area (Å²) >= 11 is 12.2. The zero-order valence-electron chi connectivity index (χ0n) is 17.9. The lowest BCUT2D eigenvalue weighted by Gasteiger charge is -2.25. The van der Waals surface area contributed by atoms with Crippen molar-refractivity contribution in [3.63, 3.8) is 0 Å². The quantitative estimate of drug-likeness (QED) is 0.207. The highest BCUT2D eigenvalue weighted by Gasteiger charge is 2.48. The molecule has 3 heterocycles. The second-order valence-corrected chi connectivity index (χ2v) is 8.94. The topological polar surface area (TPSA) is 91.9 Å². The monoisotopic (exact) mass is 506 g/mol. The van der Waals surface area contributed by atoms with Crippen LogP contribution in [0.2, 0.25) is 10.0 Å². The van der Waals surface area contributed by atoms with Gasteiger partial charge in [-0.25, -0.2) is 0 Å². The Morgan fingerprint density at radius 3 is 2.60 bits per heavy atom. The number of aromatic amines is 1. The number of H-pyrrole nitrogens is 1. The Morgan fingerprint density at radius 1 is 0.971 bits per heavy atom. The molecule has 6 rings (SSSR count). The Hall–Kier alpha value is -3.94. The van der Waals surface area contributed by atoms with Crippen LogP contribution < -0.4 is 14.4 Å². The summed E-state index contributed by atoms with van der Waals surface area (Å²) in [7, 11) is 0. The minimum absolute atomic E-state index is 0.0594. The molecule has 0 spiro atoms. The molecular formula is C26H16Cl2N2O5. The van der Waals surface area contributed by atoms with Gasteiger partial charge in [0.2, 0.25) is 6.79 Å². The van der Waals surface area contributed by atoms with Crippen molar-refractivity contribution in [1.29, 1.82) is 0 Å². The molecule has 0 aliphatic carbocycles. The van der Waals surface area contributed by atoms with E-state index in [9.17, 15) is 14.7 Å². The number of nitrogens with one attached hydrogen (secondary N) is 1. The number of carbonyl (C=O) groups is 2. The highest BCUT2D eigenvalue weighted by Crippen LogP contribution is 2.46. The fraction of sp³-hybridized carbons (Fsp3) is 0.0769. The summed E-state index contributed by atoms with van der Waals surface area (Å²) < 4.78 is 10.9. The number of hydrogen-bond acceptors (Lipinski definition) is 5. The smallest absolute Gasteiger partial charge is 0.300 e. The van der Waals surface area contributed by atoms with Crippen LogP contribution in [0.25, 0.3) is 16.7 Å². The van der Waals surface area contributed by atoms with E-state index in [2.05, 4.69) is 4.98 Å². The van der Waals surface area contributed by atoms with E-state index in [0.29, 0.717) is 27.8 Å². The SMILES string of the molecule is O=C1C(=O)N(c2ccc3c(c2)OCO3)C(c2c[nH]c3ccccc23)/C1=C(\O)c1ccc(Cl)c(Cl)c1. The van der Waals surface area contributed by atoms with Gasteiger partial charge in [0.1, 0.15) is 5.76 Å². The minimum atomic E-state index is -0.916. The van der Waals surface area contributed by atoms with E-state index >= 15 is 0 Å². The van der Waals surface area contributed by atoms with Crippen LogP contribution in [0, 0.1) is 0 Å². The first-order valence-electron chi connectivity index (χ1n) is 10.7. The van der Waals surface area contributed by atoms with Crippen molar-refractivity contribution >= 4 is 57.2 Å². The molecule has 1 unspecified atom stereocenters. The fourth-order valence-corrected chi connectivity index (χ4v) is 4.85. The van der Waals surface area contributed by atoms with Crippen LogP contribution in [0.5, 0.6) is 11.5 Å². The number of Topliss-reactive ketones (excluding diaryl/α,β-unsaturated/α-hetero) is 1. The van der Waals surface area contributed by atoms with E-state index in [-0.39, 0.29) is 28.7 Å². The zero-order chi connectivity index (χ0) is 24.3. The molecule has 174 valence electrons. The van der Waals surface area contributed by atoms with E-state index < -0.39 is 17.7 Å². The number of halogens is 2. The van der Waals surface area contributed by atoms with Crippen LogP contribution >= 0.6 is 23.2 Å². The number of aliphatic hydroxyl groups excluding tert-OH is 1. The number of anilines is 1. The normalized spacial score (nSPS) is 18.6. The molecule has 1 aromatic heterocycles. The van der Waals surface area contributed by atoms with Gasteiger partial charge in [0.25, 0.3) is 11.7 Å². The van der Waals surface area contributed by atoms with Crippen molar-refractivity contribution in [3.05, 3.63) is 93.6 Å². The Balaban J connectivity index is 1.60. The number of benzene rings is 3. The molecule has 1 saturated heterocycles. The van der Waals surface area contributed by atoms with Crippen molar-refractivity contribution in [2.24, 2.45) is 0 Å². The third-order valence-electron chi connectivity index (χ3n) is 6.19. The van der Waals surface area contributed by atoms with Crippen molar-refractivity contribution in [2.75, 3.05) is 11.7 Å². The van der Waals surface area contributed by atoms with Crippen molar-refractivity contribution in [3.8, 4) is 11.5 Å². The number of ketones is 1. The number of aromatic nitrogens is 1. The summed E-state index contributed by atoms with van der Waals surface area (Å²) in [6.45, 7) is 0.0702. The Kier molecular flexibility index (Phi) is 4.98. The number of rotatable bonds is 3. The maximum atomic E-state index is 13.4. The predicted octanol–water partition coefficient (Wildman–Crippen LogP) is 5.83. The van der Waals surface area contributed by atoms with Gasteiger partial charge in [-0.15, -0.1) is 0 Å². The maximum absolute atomic E-state index is 13.4. The first-order chi connectivity index (χ1) is 16.9. The first-order valence-corrected chi connectivity index (χ1v) is 11.4. The molecule has 2 aliphatic heterocycles. The molecule has 3 aromatic carbocycles. The summed E-state index contributed by atoms with van der Waals surface area (Å²) in [5.74, 6) is -0.931. The van der Waals surface area contributed by atoms with Gasteiger partial charge in [0.05, 0.1) is 21.7 Å². The van der Waals surface area contributed by atoms with Gasteiger partial charge >= 0.3 is 0 Å². The van der Waals surface area contributed by atoms with Crippen LogP contribution in [0.3, 0.4) is 0 Å². The van der Waals surface area contributed by atoms with Gasteiger partial charge < -0.3 is 19.6 Å². The molecule has 0 bridgehead atoms. The lowest BCUT2D eigenvalue weighted by atomic mass is 9.94. The molecule has 0 radical (unpaired) electrons. The molecule has 0 saturated carbocycles. The Bertz CT molecular complexity index is 1580. The molecule has 35 heavy (non-hydrogen) atoms. The van der Waals surface area contributed by atoms with Crippen LogP contribution in [0.1, 0.15) is 17.2 Å². The number of fused-ring (bicyclic) bond motifs is 2. The fourth-order valence-electron chi connectivity index (χ4n) is 4.55. The molecule has 1 atom stereocenters. The van der Waals surface area contributed by atoms with Crippen LogP contribution in [0.15, 0.2) is 72.4 Å². The summed E-state index contributed by atoms with van der Waals surface area (Å²) in [6.07, 6.45) is 1.74. The maximum Gasteiger partial charge on any atom is 0.300 e. The van der Waals surface area contributed by atoms with E-state index in [1.54, 1.807) is 30.5 Å². The average Bonchev–Trinajstić information content (AvgIpc) is 3.56. The third kappa shape index (κ3) is 3.35. The van der Waals surface area contributed by atoms with Gasteiger partial charge in [0.15, 0.2) is 11.5 Å². The van der Waals surface area contributed by atoms with Crippen molar-refractivity contribution < 1.29 is 24.2 Å². The van der Waals surface area contributed by atoms with Gasteiger partial charge in [-0.2, -0.15) is 0 Å². The summed E-state index contributed by atoms with van der Waals surface area (Å²) in [5, 5.41) is 12.6. The van der Waals surface area contributed by atoms with E-state index in [1.165, 1.54) is 17.0 Å². The minimum Gasteiger partial charge on any atom is -0.507 e. The second-order valence-electron chi connectivity index (χ2n) is 8.13. The van der Waals surface area contributed by atoms with Crippen LogP contribution in [0.4, 0.5) is 5.69 Å². The molecule has 7 nitrogen and oxygen atoms in total. The van der Waals surface area contributed by atoms with Gasteiger partial charge in [-0.05, 0) is 36.4 Å². The molecule has 1 amide bonds. The highest BCUT2D eigenvalue weighted by molar-refractivity contribution is 6.52. The number of aliphatic hydroxyl groups is 1. The van der Waals surface area contributed by atoms with E-state index in [0.717, 1.165) is 10.9 Å². The molecule has 2 N–H and O–H groups in total. The lowest BCUT2D eigenvalue weighted by Crippen LogP contribution is -2.29. The van der Waals surface area contributed by atoms with Gasteiger partial charge in [0, 0.05) is 40.0 Å². The zero-order valence-corrected chi connectivity index (χ0v) is 19.4.